The van der Waals surface area contributed by atoms with Gasteiger partial charge in [-0.25, -0.2) is 0 Å². The van der Waals surface area contributed by atoms with E-state index in [0.717, 1.165) is 19.3 Å². The molecule has 0 aliphatic heterocycles. The second-order valence-corrected chi connectivity index (χ2v) is 6.42. The summed E-state index contributed by atoms with van der Waals surface area (Å²) in [4.78, 5) is 34.0. The van der Waals surface area contributed by atoms with Crippen LogP contribution in [0.3, 0.4) is 0 Å². The molecule has 2 unspecified atom stereocenters. The number of nitrogens with one attached hydrogen (secondary N) is 2. The van der Waals surface area contributed by atoms with Crippen LogP contribution in [0, 0.1) is 0 Å². The van der Waals surface area contributed by atoms with E-state index < -0.39 is 24.0 Å². The van der Waals surface area contributed by atoms with E-state index >= 15 is 0 Å². The fourth-order valence-electron chi connectivity index (χ4n) is 2.37. The summed E-state index contributed by atoms with van der Waals surface area (Å²) in [5.41, 5.74) is 0. The number of aliphatic carboxylic acids is 1. The average Bonchev–Trinajstić information content (AvgIpc) is 2.52. The third kappa shape index (κ3) is 16.0. The van der Waals surface area contributed by atoms with Gasteiger partial charge in [-0.05, 0) is 20.3 Å². The van der Waals surface area contributed by atoms with Crippen molar-refractivity contribution in [1.82, 2.24) is 10.6 Å². The monoisotopic (exact) mass is 380 g/mol. The molecule has 0 fully saturated rings. The Balaban J connectivity index is 0. The maximum atomic E-state index is 11.8. The van der Waals surface area contributed by atoms with Crippen molar-refractivity contribution in [1.29, 1.82) is 0 Å². The van der Waals surface area contributed by atoms with E-state index in [2.05, 4.69) is 17.6 Å². The van der Waals surface area contributed by atoms with E-state index in [-0.39, 0.29) is 57.3 Å². The first-order chi connectivity index (χ1) is 11.4. The van der Waals surface area contributed by atoms with E-state index in [9.17, 15) is 19.5 Å². The van der Waals surface area contributed by atoms with Gasteiger partial charge in [-0.3, -0.25) is 9.59 Å². The van der Waals surface area contributed by atoms with Crippen LogP contribution in [0.4, 0.5) is 0 Å². The van der Waals surface area contributed by atoms with Gasteiger partial charge in [0.25, 0.3) is 0 Å². The molecule has 2 N–H and O–H groups in total. The number of carbonyl (C=O) groups is 3. The Bertz CT molecular complexity index is 391. The topological polar surface area (TPSA) is 98.3 Å². The zero-order valence-electron chi connectivity index (χ0n) is 16.4. The molecular weight excluding hydrogens is 347 g/mol. The summed E-state index contributed by atoms with van der Waals surface area (Å²) < 4.78 is 0. The Hall–Kier alpha value is 0.0464. The number of carbonyl (C=O) groups excluding carboxylic acids is 3. The van der Waals surface area contributed by atoms with Crippen LogP contribution in [0.25, 0.3) is 0 Å². The minimum atomic E-state index is -1.35. The Labute approximate surface area is 194 Å². The Kier molecular flexibility index (Phi) is 19.0. The van der Waals surface area contributed by atoms with Crippen molar-refractivity contribution < 1.29 is 70.9 Å². The smallest absolute Gasteiger partial charge is 0.548 e. The summed E-state index contributed by atoms with van der Waals surface area (Å²) in [6.45, 7) is 5.06. The quantitative estimate of drug-likeness (QED) is 0.288. The van der Waals surface area contributed by atoms with Crippen molar-refractivity contribution in [3.05, 3.63) is 0 Å². The standard InChI is InChI=1S/C18H34N2O4.K/c1-4-5-6-7-8-9-10-11-12-13-16(21)19-14(2)17(22)20-15(3)18(23)24;/h14-15H,4-13H2,1-3H3,(H,19,21)(H,20,22)(H,23,24);/q;+1/p-1. The van der Waals surface area contributed by atoms with Gasteiger partial charge in [0.2, 0.25) is 11.8 Å². The molecule has 0 aliphatic carbocycles. The number of amides is 2. The fraction of sp³-hybridized carbons (Fsp3) is 0.833. The predicted molar refractivity (Wildman–Crippen MR) is 92.1 cm³/mol. The number of hydrogen-bond donors (Lipinski definition) is 2. The zero-order chi connectivity index (χ0) is 18.4. The maximum Gasteiger partial charge on any atom is 1.00 e. The van der Waals surface area contributed by atoms with E-state index in [1.54, 1.807) is 0 Å². The summed E-state index contributed by atoms with van der Waals surface area (Å²) in [7, 11) is 0. The second-order valence-electron chi connectivity index (χ2n) is 6.42. The number of hydrogen-bond acceptors (Lipinski definition) is 4. The molecule has 2 amide bonds. The zero-order valence-corrected chi connectivity index (χ0v) is 19.5. The van der Waals surface area contributed by atoms with Crippen LogP contribution in [-0.4, -0.2) is 29.9 Å². The van der Waals surface area contributed by atoms with Crippen molar-refractivity contribution >= 4 is 17.8 Å². The molecule has 0 heterocycles. The molecule has 2 atom stereocenters. The minimum absolute atomic E-state index is 0. The van der Waals surface area contributed by atoms with Gasteiger partial charge in [0.05, 0.1) is 12.0 Å². The number of rotatable bonds is 14. The summed E-state index contributed by atoms with van der Waals surface area (Å²) in [5.74, 6) is -2.05. The maximum absolute atomic E-state index is 11.8. The van der Waals surface area contributed by atoms with E-state index in [1.165, 1.54) is 52.4 Å². The molecule has 0 saturated heterocycles. The van der Waals surface area contributed by atoms with Crippen molar-refractivity contribution in [3.8, 4) is 0 Å². The molecule has 0 bridgehead atoms. The Morgan fingerprint density at radius 2 is 1.28 bits per heavy atom. The Morgan fingerprint density at radius 1 is 0.800 bits per heavy atom. The van der Waals surface area contributed by atoms with Crippen LogP contribution in [0.1, 0.15) is 85.0 Å². The van der Waals surface area contributed by atoms with Gasteiger partial charge >= 0.3 is 51.4 Å². The molecule has 0 aromatic rings. The fourth-order valence-corrected chi connectivity index (χ4v) is 2.37. The average molecular weight is 381 g/mol. The molecule has 140 valence electrons. The first kappa shape index (κ1) is 27.3. The normalized spacial score (nSPS) is 12.6. The van der Waals surface area contributed by atoms with Crippen LogP contribution < -0.4 is 67.1 Å². The van der Waals surface area contributed by atoms with E-state index in [4.69, 9.17) is 0 Å². The van der Waals surface area contributed by atoms with Crippen molar-refractivity contribution in [2.75, 3.05) is 0 Å². The third-order valence-electron chi connectivity index (χ3n) is 3.99. The van der Waals surface area contributed by atoms with E-state index in [1.807, 2.05) is 0 Å². The molecule has 0 saturated carbocycles. The van der Waals surface area contributed by atoms with Crippen LogP contribution in [0.5, 0.6) is 0 Å². The van der Waals surface area contributed by atoms with Crippen molar-refractivity contribution in [2.45, 2.75) is 97.1 Å². The molecule has 0 radical (unpaired) electrons. The van der Waals surface area contributed by atoms with Crippen molar-refractivity contribution in [3.63, 3.8) is 0 Å². The van der Waals surface area contributed by atoms with Crippen LogP contribution >= 0.6 is 0 Å². The number of carboxylic acids is 1. The van der Waals surface area contributed by atoms with Crippen LogP contribution in [0.15, 0.2) is 0 Å². The molecular formula is C18H33KN2O4. The van der Waals surface area contributed by atoms with Crippen LogP contribution in [0.2, 0.25) is 0 Å². The van der Waals surface area contributed by atoms with Gasteiger partial charge in [0.15, 0.2) is 0 Å². The second kappa shape index (κ2) is 17.5. The largest absolute Gasteiger partial charge is 1.00 e. The summed E-state index contributed by atoms with van der Waals surface area (Å²) in [6, 6.07) is -1.83. The molecule has 0 aromatic carbocycles. The molecule has 0 aromatic heterocycles. The molecule has 0 spiro atoms. The summed E-state index contributed by atoms with van der Waals surface area (Å²) in [6.07, 6.45) is 11.0. The predicted octanol–water partition coefficient (Wildman–Crippen LogP) is -1.33. The van der Waals surface area contributed by atoms with Gasteiger partial charge in [0.1, 0.15) is 6.04 Å². The van der Waals surface area contributed by atoms with Gasteiger partial charge in [0, 0.05) is 6.42 Å². The van der Waals surface area contributed by atoms with Gasteiger partial charge in [-0.15, -0.1) is 0 Å². The van der Waals surface area contributed by atoms with Gasteiger partial charge in [-0.1, -0.05) is 58.3 Å². The summed E-state index contributed by atoms with van der Waals surface area (Å²) in [5, 5.41) is 15.4. The first-order valence-electron chi connectivity index (χ1n) is 9.19. The van der Waals surface area contributed by atoms with Crippen molar-refractivity contribution in [2.24, 2.45) is 0 Å². The minimum Gasteiger partial charge on any atom is -0.548 e. The van der Waals surface area contributed by atoms with Gasteiger partial charge in [-0.2, -0.15) is 0 Å². The van der Waals surface area contributed by atoms with E-state index in [0.29, 0.717) is 6.42 Å². The van der Waals surface area contributed by atoms with Gasteiger partial charge < -0.3 is 20.5 Å². The molecule has 0 aliphatic rings. The molecule has 6 nitrogen and oxygen atoms in total. The van der Waals surface area contributed by atoms with Crippen LogP contribution in [-0.2, 0) is 14.4 Å². The number of carboxylic acid groups (broad SMARTS) is 1. The number of unbranched alkanes of at least 4 members (excludes halogenated alkanes) is 8. The SMILES string of the molecule is CCCCCCCCCCCC(=O)NC(C)C(=O)NC(C)C(=O)[O-].[K+]. The Morgan fingerprint density at radius 3 is 1.76 bits per heavy atom. The molecule has 25 heavy (non-hydrogen) atoms. The molecule has 0 rings (SSSR count). The molecule has 7 heteroatoms. The first-order valence-corrected chi connectivity index (χ1v) is 9.19. The summed E-state index contributed by atoms with van der Waals surface area (Å²) >= 11 is 0. The third-order valence-corrected chi connectivity index (χ3v) is 3.99.